The lowest BCUT2D eigenvalue weighted by Gasteiger charge is -2.40. The first-order chi connectivity index (χ1) is 14.9. The SMILES string of the molecule is CC(C)(C)c1ccc2c(c1)C1(c3ccccc3S2)c2ccccc2-c2ccc(Br)cc21. The van der Waals surface area contributed by atoms with E-state index in [0.717, 1.165) is 4.47 Å². The quantitative estimate of drug-likeness (QED) is 0.209. The third-order valence-corrected chi connectivity index (χ3v) is 8.41. The monoisotopic (exact) mass is 482 g/mol. The number of fused-ring (bicyclic) bond motifs is 9. The fourth-order valence-electron chi connectivity index (χ4n) is 5.34. The van der Waals surface area contributed by atoms with Crippen LogP contribution in [0.1, 0.15) is 48.6 Å². The molecule has 1 spiro atoms. The van der Waals surface area contributed by atoms with E-state index in [9.17, 15) is 0 Å². The average molecular weight is 483 g/mol. The molecule has 0 saturated heterocycles. The molecule has 4 aromatic carbocycles. The second kappa shape index (κ2) is 6.60. The van der Waals surface area contributed by atoms with E-state index < -0.39 is 0 Å². The van der Waals surface area contributed by atoms with Crippen molar-refractivity contribution >= 4 is 27.7 Å². The number of hydrogen-bond donors (Lipinski definition) is 0. The van der Waals surface area contributed by atoms with Crippen molar-refractivity contribution in [3.8, 4) is 11.1 Å². The Morgan fingerprint density at radius 3 is 2.13 bits per heavy atom. The summed E-state index contributed by atoms with van der Waals surface area (Å²) in [6.45, 7) is 6.91. The molecule has 152 valence electrons. The third kappa shape index (κ3) is 2.61. The van der Waals surface area contributed by atoms with Crippen LogP contribution in [0.3, 0.4) is 0 Å². The predicted octanol–water partition coefficient (Wildman–Crippen LogP) is 8.57. The fraction of sp³-hybridized carbons (Fsp3) is 0.172. The van der Waals surface area contributed by atoms with Crippen molar-refractivity contribution in [3.05, 3.63) is 117 Å². The lowest BCUT2D eigenvalue weighted by atomic mass is 9.66. The summed E-state index contributed by atoms with van der Waals surface area (Å²) in [7, 11) is 0. The topological polar surface area (TPSA) is 0 Å². The Labute approximate surface area is 196 Å². The van der Waals surface area contributed by atoms with Crippen LogP contribution in [-0.4, -0.2) is 0 Å². The molecule has 1 atom stereocenters. The Balaban J connectivity index is 1.82. The van der Waals surface area contributed by atoms with Gasteiger partial charge in [-0.3, -0.25) is 0 Å². The highest BCUT2D eigenvalue weighted by atomic mass is 79.9. The van der Waals surface area contributed by atoms with Crippen molar-refractivity contribution < 1.29 is 0 Å². The summed E-state index contributed by atoms with van der Waals surface area (Å²) in [5.74, 6) is 0. The summed E-state index contributed by atoms with van der Waals surface area (Å²) in [6, 6.07) is 31.9. The molecular formula is C29H23BrS. The smallest absolute Gasteiger partial charge is 0.0735 e. The van der Waals surface area contributed by atoms with Gasteiger partial charge in [-0.05, 0) is 68.6 Å². The van der Waals surface area contributed by atoms with Gasteiger partial charge in [0.25, 0.3) is 0 Å². The summed E-state index contributed by atoms with van der Waals surface area (Å²) in [5.41, 5.74) is 9.43. The Morgan fingerprint density at radius 2 is 1.32 bits per heavy atom. The van der Waals surface area contributed by atoms with Crippen LogP contribution >= 0.6 is 27.7 Å². The van der Waals surface area contributed by atoms with E-state index in [2.05, 4.69) is 122 Å². The van der Waals surface area contributed by atoms with Crippen LogP contribution in [0.4, 0.5) is 0 Å². The predicted molar refractivity (Wildman–Crippen MR) is 134 cm³/mol. The number of halogens is 1. The lowest BCUT2D eigenvalue weighted by Crippen LogP contribution is -2.32. The number of hydrogen-bond acceptors (Lipinski definition) is 1. The molecule has 1 unspecified atom stereocenters. The van der Waals surface area contributed by atoms with E-state index in [1.807, 2.05) is 11.8 Å². The lowest BCUT2D eigenvalue weighted by molar-refractivity contribution is 0.585. The highest BCUT2D eigenvalue weighted by Crippen LogP contribution is 2.62. The zero-order valence-corrected chi connectivity index (χ0v) is 20.3. The van der Waals surface area contributed by atoms with Crippen LogP contribution in [0.2, 0.25) is 0 Å². The van der Waals surface area contributed by atoms with Gasteiger partial charge in [0.05, 0.1) is 5.41 Å². The highest BCUT2D eigenvalue weighted by molar-refractivity contribution is 9.10. The molecule has 1 heterocycles. The molecule has 0 radical (unpaired) electrons. The molecule has 0 aromatic heterocycles. The molecule has 2 heteroatoms. The van der Waals surface area contributed by atoms with Crippen LogP contribution in [0.25, 0.3) is 11.1 Å². The van der Waals surface area contributed by atoms with E-state index in [4.69, 9.17) is 0 Å². The molecule has 0 N–H and O–H groups in total. The van der Waals surface area contributed by atoms with E-state index in [0.29, 0.717) is 0 Å². The first-order valence-corrected chi connectivity index (χ1v) is 12.3. The van der Waals surface area contributed by atoms with Gasteiger partial charge in [0.1, 0.15) is 0 Å². The minimum atomic E-state index is -0.297. The van der Waals surface area contributed by atoms with Gasteiger partial charge >= 0.3 is 0 Å². The number of rotatable bonds is 0. The van der Waals surface area contributed by atoms with Crippen LogP contribution in [0.15, 0.2) is 99.2 Å². The summed E-state index contributed by atoms with van der Waals surface area (Å²) < 4.78 is 1.13. The fourth-order valence-corrected chi connectivity index (χ4v) is 6.87. The van der Waals surface area contributed by atoms with Gasteiger partial charge in [-0.15, -0.1) is 0 Å². The Morgan fingerprint density at radius 1 is 0.645 bits per heavy atom. The molecule has 2 aliphatic rings. The van der Waals surface area contributed by atoms with Crippen LogP contribution in [-0.2, 0) is 10.8 Å². The molecule has 0 saturated carbocycles. The van der Waals surface area contributed by atoms with Crippen molar-refractivity contribution in [1.82, 2.24) is 0 Å². The van der Waals surface area contributed by atoms with Gasteiger partial charge in [0, 0.05) is 14.3 Å². The van der Waals surface area contributed by atoms with Gasteiger partial charge in [0.15, 0.2) is 0 Å². The summed E-state index contributed by atoms with van der Waals surface area (Å²) in [5, 5.41) is 0. The highest BCUT2D eigenvalue weighted by Gasteiger charge is 2.50. The Kier molecular flexibility index (Phi) is 4.13. The first kappa shape index (κ1) is 19.4. The summed E-state index contributed by atoms with van der Waals surface area (Å²) in [6.07, 6.45) is 0. The largest absolute Gasteiger partial charge is 0.0894 e. The van der Waals surface area contributed by atoms with Gasteiger partial charge in [0.2, 0.25) is 0 Å². The Hall–Kier alpha value is -2.29. The summed E-state index contributed by atoms with van der Waals surface area (Å²) >= 11 is 5.69. The molecule has 6 rings (SSSR count). The van der Waals surface area contributed by atoms with Gasteiger partial charge in [-0.2, -0.15) is 0 Å². The van der Waals surface area contributed by atoms with Crippen LogP contribution in [0.5, 0.6) is 0 Å². The molecule has 0 fully saturated rings. The van der Waals surface area contributed by atoms with E-state index >= 15 is 0 Å². The van der Waals surface area contributed by atoms with Crippen molar-refractivity contribution in [3.63, 3.8) is 0 Å². The Bertz CT molecular complexity index is 1360. The van der Waals surface area contributed by atoms with Gasteiger partial charge in [-0.1, -0.05) is 109 Å². The zero-order valence-electron chi connectivity index (χ0n) is 17.9. The molecule has 1 aliphatic heterocycles. The number of benzene rings is 4. The van der Waals surface area contributed by atoms with E-state index in [1.54, 1.807) is 0 Å². The zero-order chi connectivity index (χ0) is 21.4. The van der Waals surface area contributed by atoms with Crippen LogP contribution in [0, 0.1) is 0 Å². The molecule has 0 bridgehead atoms. The van der Waals surface area contributed by atoms with E-state index in [-0.39, 0.29) is 10.8 Å². The van der Waals surface area contributed by atoms with Gasteiger partial charge in [-0.25, -0.2) is 0 Å². The molecule has 0 amide bonds. The maximum Gasteiger partial charge on any atom is 0.0735 e. The minimum Gasteiger partial charge on any atom is -0.0894 e. The molecule has 0 nitrogen and oxygen atoms in total. The average Bonchev–Trinajstić information content (AvgIpc) is 3.04. The summed E-state index contributed by atoms with van der Waals surface area (Å²) in [4.78, 5) is 2.70. The van der Waals surface area contributed by atoms with Crippen molar-refractivity contribution in [2.45, 2.75) is 41.4 Å². The molecule has 1 aliphatic carbocycles. The normalized spacial score (nSPS) is 18.3. The maximum atomic E-state index is 3.78. The second-order valence-electron chi connectivity index (χ2n) is 9.54. The minimum absolute atomic E-state index is 0.0933. The van der Waals surface area contributed by atoms with Gasteiger partial charge < -0.3 is 0 Å². The van der Waals surface area contributed by atoms with Crippen molar-refractivity contribution in [2.24, 2.45) is 0 Å². The standard InChI is InChI=1S/C29H23BrS/c1-28(2,3)18-12-15-27-25(16-18)29(23-10-6-7-11-26(23)31-27)22-9-5-4-8-20(22)21-14-13-19(30)17-24(21)29/h4-17H,1-3H3. The molecular weight excluding hydrogens is 460 g/mol. The van der Waals surface area contributed by atoms with Crippen molar-refractivity contribution in [2.75, 3.05) is 0 Å². The molecule has 4 aromatic rings. The maximum absolute atomic E-state index is 3.78. The van der Waals surface area contributed by atoms with E-state index in [1.165, 1.54) is 48.7 Å². The first-order valence-electron chi connectivity index (χ1n) is 10.7. The van der Waals surface area contributed by atoms with Crippen molar-refractivity contribution in [1.29, 1.82) is 0 Å². The van der Waals surface area contributed by atoms with Crippen LogP contribution < -0.4 is 0 Å². The molecule has 31 heavy (non-hydrogen) atoms. The second-order valence-corrected chi connectivity index (χ2v) is 11.5. The third-order valence-electron chi connectivity index (χ3n) is 6.77.